The summed E-state index contributed by atoms with van der Waals surface area (Å²) in [6, 6.07) is 7.18. The minimum absolute atomic E-state index is 0.153. The van der Waals surface area contributed by atoms with Gasteiger partial charge in [0.1, 0.15) is 5.82 Å². The molecule has 1 aromatic carbocycles. The third-order valence-electron chi connectivity index (χ3n) is 2.22. The molecule has 1 rings (SSSR count). The van der Waals surface area contributed by atoms with E-state index in [0.717, 1.165) is 18.5 Å². The normalized spacial score (nSPS) is 14.9. The molecular weight excluding hydrogens is 191 g/mol. The van der Waals surface area contributed by atoms with Gasteiger partial charge in [0.25, 0.3) is 0 Å². The van der Waals surface area contributed by atoms with E-state index in [-0.39, 0.29) is 11.9 Å². The fourth-order valence-corrected chi connectivity index (χ4v) is 1.48. The van der Waals surface area contributed by atoms with E-state index in [1.165, 1.54) is 6.07 Å². The van der Waals surface area contributed by atoms with Crippen LogP contribution in [0.5, 0.6) is 0 Å². The van der Waals surface area contributed by atoms with Crippen molar-refractivity contribution in [1.29, 1.82) is 0 Å². The zero-order valence-corrected chi connectivity index (χ0v) is 9.33. The van der Waals surface area contributed by atoms with Crippen molar-refractivity contribution >= 4 is 0 Å². The quantitative estimate of drug-likeness (QED) is 0.776. The highest BCUT2D eigenvalue weighted by molar-refractivity contribution is 5.17. The molecule has 2 nitrogen and oxygen atoms in total. The Bertz CT molecular complexity index is 299. The molecule has 3 heteroatoms. The molecule has 15 heavy (non-hydrogen) atoms. The molecule has 0 bridgehead atoms. The van der Waals surface area contributed by atoms with E-state index < -0.39 is 0 Å². The lowest BCUT2D eigenvalue weighted by Crippen LogP contribution is -2.37. The van der Waals surface area contributed by atoms with E-state index in [4.69, 9.17) is 5.73 Å². The Morgan fingerprint density at radius 2 is 2.13 bits per heavy atom. The predicted octanol–water partition coefficient (Wildman–Crippen LogP) is 1.69. The van der Waals surface area contributed by atoms with Gasteiger partial charge in [0, 0.05) is 18.6 Å². The number of rotatable bonds is 5. The molecule has 0 fully saturated rings. The average molecular weight is 210 g/mol. The second-order valence-electron chi connectivity index (χ2n) is 4.12. The van der Waals surface area contributed by atoms with Crippen LogP contribution in [-0.2, 0) is 6.42 Å². The van der Waals surface area contributed by atoms with Crippen LogP contribution in [0.25, 0.3) is 0 Å². The lowest BCUT2D eigenvalue weighted by atomic mass is 10.1. The molecule has 0 radical (unpaired) electrons. The molecule has 0 spiro atoms. The number of benzene rings is 1. The summed E-state index contributed by atoms with van der Waals surface area (Å²) in [6.45, 7) is 4.83. The Morgan fingerprint density at radius 3 is 2.73 bits per heavy atom. The van der Waals surface area contributed by atoms with Gasteiger partial charge >= 0.3 is 0 Å². The molecule has 0 aliphatic carbocycles. The minimum atomic E-state index is -0.174. The largest absolute Gasteiger partial charge is 0.327 e. The first kappa shape index (κ1) is 12.1. The third kappa shape index (κ3) is 4.91. The maximum absolute atomic E-state index is 12.9. The lowest BCUT2D eigenvalue weighted by Gasteiger charge is -2.15. The summed E-state index contributed by atoms with van der Waals surface area (Å²) >= 11 is 0. The molecule has 1 aromatic rings. The highest BCUT2D eigenvalue weighted by Crippen LogP contribution is 2.06. The first-order valence-corrected chi connectivity index (χ1v) is 5.31. The Morgan fingerprint density at radius 1 is 1.40 bits per heavy atom. The number of nitrogens with two attached hydrogens (primary N) is 1. The summed E-state index contributed by atoms with van der Waals surface area (Å²) in [6.07, 6.45) is 0.824. The van der Waals surface area contributed by atoms with Crippen molar-refractivity contribution < 1.29 is 4.39 Å². The zero-order valence-electron chi connectivity index (χ0n) is 9.33. The summed E-state index contributed by atoms with van der Waals surface area (Å²) in [7, 11) is 0. The predicted molar refractivity (Wildman–Crippen MR) is 61.2 cm³/mol. The molecule has 0 aromatic heterocycles. The molecule has 84 valence electrons. The van der Waals surface area contributed by atoms with Crippen LogP contribution in [-0.4, -0.2) is 18.6 Å². The molecule has 3 N–H and O–H groups in total. The van der Waals surface area contributed by atoms with E-state index in [1.54, 1.807) is 12.1 Å². The van der Waals surface area contributed by atoms with E-state index in [1.807, 2.05) is 13.0 Å². The second kappa shape index (κ2) is 5.83. The first-order valence-electron chi connectivity index (χ1n) is 5.31. The third-order valence-corrected chi connectivity index (χ3v) is 2.22. The van der Waals surface area contributed by atoms with Gasteiger partial charge in [0.05, 0.1) is 0 Å². The van der Waals surface area contributed by atoms with E-state index >= 15 is 0 Å². The Kier molecular flexibility index (Phi) is 4.72. The van der Waals surface area contributed by atoms with Crippen LogP contribution in [0.2, 0.25) is 0 Å². The van der Waals surface area contributed by atoms with Crippen molar-refractivity contribution in [2.75, 3.05) is 6.54 Å². The zero-order chi connectivity index (χ0) is 11.3. The van der Waals surface area contributed by atoms with Crippen LogP contribution >= 0.6 is 0 Å². The maximum atomic E-state index is 12.9. The molecule has 0 aliphatic rings. The molecule has 0 amide bonds. The van der Waals surface area contributed by atoms with Gasteiger partial charge in [-0.15, -0.1) is 0 Å². The van der Waals surface area contributed by atoms with E-state index in [0.29, 0.717) is 6.04 Å². The minimum Gasteiger partial charge on any atom is -0.327 e. The molecular formula is C12H19FN2. The highest BCUT2D eigenvalue weighted by Gasteiger charge is 2.04. The Hall–Kier alpha value is -0.930. The van der Waals surface area contributed by atoms with Crippen LogP contribution in [0, 0.1) is 5.82 Å². The van der Waals surface area contributed by atoms with Crippen LogP contribution in [0.4, 0.5) is 4.39 Å². The van der Waals surface area contributed by atoms with Crippen molar-refractivity contribution in [3.8, 4) is 0 Å². The van der Waals surface area contributed by atoms with Crippen molar-refractivity contribution in [3.05, 3.63) is 35.6 Å². The molecule has 0 heterocycles. The SMILES string of the molecule is CC(N)CNC(C)Cc1cccc(F)c1. The smallest absolute Gasteiger partial charge is 0.123 e. The standard InChI is InChI=1S/C12H19FN2/c1-9(14)8-15-10(2)6-11-4-3-5-12(13)7-11/h3-5,7,9-10,15H,6,8,14H2,1-2H3. The van der Waals surface area contributed by atoms with Crippen molar-refractivity contribution in [3.63, 3.8) is 0 Å². The molecule has 2 unspecified atom stereocenters. The van der Waals surface area contributed by atoms with Gasteiger partial charge in [0.15, 0.2) is 0 Å². The monoisotopic (exact) mass is 210 g/mol. The van der Waals surface area contributed by atoms with Crippen LogP contribution in [0.1, 0.15) is 19.4 Å². The Labute approximate surface area is 90.7 Å². The van der Waals surface area contributed by atoms with Gasteiger partial charge < -0.3 is 11.1 Å². The summed E-state index contributed by atoms with van der Waals surface area (Å²) in [4.78, 5) is 0. The van der Waals surface area contributed by atoms with Gasteiger partial charge in [-0.2, -0.15) is 0 Å². The van der Waals surface area contributed by atoms with Gasteiger partial charge in [-0.05, 0) is 38.0 Å². The molecule has 0 saturated carbocycles. The summed E-state index contributed by atoms with van der Waals surface area (Å²) in [5.74, 6) is -0.174. The fraction of sp³-hybridized carbons (Fsp3) is 0.500. The number of halogens is 1. The number of hydrogen-bond acceptors (Lipinski definition) is 2. The van der Waals surface area contributed by atoms with Crippen LogP contribution in [0.15, 0.2) is 24.3 Å². The number of nitrogens with one attached hydrogen (secondary N) is 1. The van der Waals surface area contributed by atoms with Gasteiger partial charge in [-0.25, -0.2) is 4.39 Å². The highest BCUT2D eigenvalue weighted by atomic mass is 19.1. The molecule has 0 saturated heterocycles. The molecule has 2 atom stereocenters. The summed E-state index contributed by atoms with van der Waals surface area (Å²) in [5.41, 5.74) is 6.65. The van der Waals surface area contributed by atoms with Gasteiger partial charge in [0.2, 0.25) is 0 Å². The van der Waals surface area contributed by atoms with Crippen LogP contribution in [0.3, 0.4) is 0 Å². The van der Waals surface area contributed by atoms with Gasteiger partial charge in [-0.3, -0.25) is 0 Å². The molecule has 0 aliphatic heterocycles. The van der Waals surface area contributed by atoms with Gasteiger partial charge in [-0.1, -0.05) is 12.1 Å². The lowest BCUT2D eigenvalue weighted by molar-refractivity contribution is 0.513. The summed E-state index contributed by atoms with van der Waals surface area (Å²) < 4.78 is 12.9. The van der Waals surface area contributed by atoms with Crippen LogP contribution < -0.4 is 11.1 Å². The van der Waals surface area contributed by atoms with Crippen molar-refractivity contribution in [1.82, 2.24) is 5.32 Å². The van der Waals surface area contributed by atoms with E-state index in [2.05, 4.69) is 12.2 Å². The van der Waals surface area contributed by atoms with Crippen molar-refractivity contribution in [2.45, 2.75) is 32.4 Å². The summed E-state index contributed by atoms with van der Waals surface area (Å²) in [5, 5.41) is 3.30. The topological polar surface area (TPSA) is 38.0 Å². The maximum Gasteiger partial charge on any atom is 0.123 e. The van der Waals surface area contributed by atoms with Crippen molar-refractivity contribution in [2.24, 2.45) is 5.73 Å². The first-order chi connectivity index (χ1) is 7.08. The number of hydrogen-bond donors (Lipinski definition) is 2. The average Bonchev–Trinajstić information content (AvgIpc) is 2.15. The fourth-order valence-electron chi connectivity index (χ4n) is 1.48. The Balaban J connectivity index is 2.40. The second-order valence-corrected chi connectivity index (χ2v) is 4.12. The van der Waals surface area contributed by atoms with E-state index in [9.17, 15) is 4.39 Å².